The van der Waals surface area contributed by atoms with Gasteiger partial charge in [-0.2, -0.15) is 0 Å². The SMILES string of the molecule is CCC(C)S(=O)(=O)c1cc(C)cc(C)c1.Cc1ccc(C(=O)Nc2cc(Cl)c(NC=O)cc2O)cc1. The number of nitrogens with one attached hydrogen (secondary N) is 2. The summed E-state index contributed by atoms with van der Waals surface area (Å²) in [7, 11) is -3.13. The Morgan fingerprint density at radius 3 is 2.08 bits per heavy atom. The Kier molecular flexibility index (Phi) is 10.1. The van der Waals surface area contributed by atoms with Crippen LogP contribution in [0.25, 0.3) is 0 Å². The molecule has 1 unspecified atom stereocenters. The van der Waals surface area contributed by atoms with Gasteiger partial charge in [-0.1, -0.05) is 42.3 Å². The lowest BCUT2D eigenvalue weighted by atomic mass is 10.1. The Hall–Kier alpha value is -3.36. The van der Waals surface area contributed by atoms with E-state index in [2.05, 4.69) is 10.6 Å². The summed E-state index contributed by atoms with van der Waals surface area (Å²) >= 11 is 5.95. The summed E-state index contributed by atoms with van der Waals surface area (Å²) in [5, 5.41) is 14.7. The molecule has 1 atom stereocenters. The van der Waals surface area contributed by atoms with E-state index >= 15 is 0 Å². The number of carbonyl (C=O) groups excluding carboxylic acids is 2. The Morgan fingerprint density at radius 2 is 1.56 bits per heavy atom. The number of aryl methyl sites for hydroxylation is 3. The third kappa shape index (κ3) is 7.57. The molecule has 3 rings (SSSR count). The second-order valence-corrected chi connectivity index (χ2v) is 11.3. The van der Waals surface area contributed by atoms with Crippen LogP contribution in [-0.4, -0.2) is 31.1 Å². The molecule has 0 bridgehead atoms. The van der Waals surface area contributed by atoms with Crippen molar-refractivity contribution in [2.24, 2.45) is 0 Å². The zero-order valence-corrected chi connectivity index (χ0v) is 22.5. The van der Waals surface area contributed by atoms with Crippen LogP contribution in [-0.2, 0) is 14.6 Å². The number of aromatic hydroxyl groups is 1. The molecule has 192 valence electrons. The van der Waals surface area contributed by atoms with Crippen molar-refractivity contribution in [1.29, 1.82) is 0 Å². The molecule has 3 aromatic carbocycles. The molecule has 2 amide bonds. The van der Waals surface area contributed by atoms with Gasteiger partial charge in [-0.25, -0.2) is 8.42 Å². The topological polar surface area (TPSA) is 113 Å². The zero-order chi connectivity index (χ0) is 27.0. The fourth-order valence-electron chi connectivity index (χ4n) is 3.28. The number of carbonyl (C=O) groups is 2. The molecule has 0 aromatic heterocycles. The second-order valence-electron chi connectivity index (χ2n) is 8.52. The van der Waals surface area contributed by atoms with Crippen LogP contribution in [0.5, 0.6) is 5.75 Å². The smallest absolute Gasteiger partial charge is 0.255 e. The third-order valence-corrected chi connectivity index (χ3v) is 8.09. The highest BCUT2D eigenvalue weighted by molar-refractivity contribution is 7.92. The molecule has 0 radical (unpaired) electrons. The number of rotatable bonds is 7. The van der Waals surface area contributed by atoms with Crippen molar-refractivity contribution in [2.45, 2.75) is 51.2 Å². The quantitative estimate of drug-likeness (QED) is 0.254. The standard InChI is InChI=1S/C15H13ClN2O3.C12H18O2S/c1-9-2-4-10(5-3-9)15(21)18-13-6-11(16)12(17-8-19)7-14(13)20;1-5-11(4)15(13,14)12-7-9(2)6-10(3)8-12/h2-8,20H,1H3,(H,17,19)(H,18,21);6-8,11H,5H2,1-4H3. The van der Waals surface area contributed by atoms with Crippen LogP contribution in [0.3, 0.4) is 0 Å². The van der Waals surface area contributed by atoms with Gasteiger partial charge in [-0.15, -0.1) is 0 Å². The maximum absolute atomic E-state index is 12.1. The molecule has 3 aromatic rings. The maximum Gasteiger partial charge on any atom is 0.255 e. The highest BCUT2D eigenvalue weighted by Gasteiger charge is 2.21. The Morgan fingerprint density at radius 1 is 0.972 bits per heavy atom. The largest absolute Gasteiger partial charge is 0.506 e. The van der Waals surface area contributed by atoms with Crippen molar-refractivity contribution < 1.29 is 23.1 Å². The molecule has 0 aliphatic rings. The van der Waals surface area contributed by atoms with E-state index in [0.717, 1.165) is 16.7 Å². The number of halogens is 1. The third-order valence-electron chi connectivity index (χ3n) is 5.49. The van der Waals surface area contributed by atoms with Gasteiger partial charge < -0.3 is 15.7 Å². The average molecular weight is 531 g/mol. The predicted octanol–water partition coefficient (Wildman–Crippen LogP) is 6.05. The fraction of sp³-hybridized carbons (Fsp3) is 0.259. The summed E-state index contributed by atoms with van der Waals surface area (Å²) in [5.41, 5.74) is 3.93. The van der Waals surface area contributed by atoms with Gasteiger partial charge in [0, 0.05) is 11.6 Å². The molecular formula is C27H31ClN2O5S. The van der Waals surface area contributed by atoms with E-state index in [4.69, 9.17) is 11.6 Å². The molecule has 3 N–H and O–H groups in total. The highest BCUT2D eigenvalue weighted by atomic mass is 35.5. The fourth-order valence-corrected chi connectivity index (χ4v) is 5.11. The van der Waals surface area contributed by atoms with E-state index < -0.39 is 9.84 Å². The van der Waals surface area contributed by atoms with Crippen LogP contribution in [0.4, 0.5) is 11.4 Å². The molecule has 36 heavy (non-hydrogen) atoms. The van der Waals surface area contributed by atoms with Gasteiger partial charge in [0.1, 0.15) is 5.75 Å². The molecule has 0 aliphatic carbocycles. The summed E-state index contributed by atoms with van der Waals surface area (Å²) in [5.74, 6) is -0.554. The van der Waals surface area contributed by atoms with E-state index in [1.54, 1.807) is 31.2 Å². The summed E-state index contributed by atoms with van der Waals surface area (Å²) in [6.07, 6.45) is 1.10. The average Bonchev–Trinajstić information content (AvgIpc) is 2.82. The number of phenolic OH excluding ortho intramolecular Hbond substituents is 1. The number of phenols is 1. The van der Waals surface area contributed by atoms with E-state index in [1.165, 1.54) is 12.1 Å². The summed E-state index contributed by atoms with van der Waals surface area (Å²) < 4.78 is 24.1. The minimum Gasteiger partial charge on any atom is -0.506 e. The van der Waals surface area contributed by atoms with Crippen molar-refractivity contribution >= 4 is 45.1 Å². The van der Waals surface area contributed by atoms with Gasteiger partial charge in [-0.3, -0.25) is 9.59 Å². The molecule has 0 saturated carbocycles. The van der Waals surface area contributed by atoms with Gasteiger partial charge in [-0.05, 0) is 75.6 Å². The first-order valence-electron chi connectivity index (χ1n) is 11.3. The minimum atomic E-state index is -3.13. The van der Waals surface area contributed by atoms with E-state index in [9.17, 15) is 23.1 Å². The molecule has 0 spiro atoms. The van der Waals surface area contributed by atoms with Crippen molar-refractivity contribution in [2.75, 3.05) is 10.6 Å². The monoisotopic (exact) mass is 530 g/mol. The van der Waals surface area contributed by atoms with Gasteiger partial charge in [0.05, 0.1) is 26.5 Å². The predicted molar refractivity (Wildman–Crippen MR) is 145 cm³/mol. The molecule has 0 saturated heterocycles. The normalized spacial score (nSPS) is 11.6. The van der Waals surface area contributed by atoms with Crippen LogP contribution in [0.2, 0.25) is 5.02 Å². The van der Waals surface area contributed by atoms with Gasteiger partial charge >= 0.3 is 0 Å². The number of anilines is 2. The number of hydrogen-bond acceptors (Lipinski definition) is 5. The first-order valence-corrected chi connectivity index (χ1v) is 13.2. The molecule has 0 fully saturated rings. The Bertz CT molecular complexity index is 1320. The summed E-state index contributed by atoms with van der Waals surface area (Å²) in [4.78, 5) is 22.9. The molecule has 9 heteroatoms. The number of sulfone groups is 1. The molecular weight excluding hydrogens is 500 g/mol. The van der Waals surface area contributed by atoms with Crippen molar-refractivity contribution in [1.82, 2.24) is 0 Å². The Labute approximate surface area is 217 Å². The van der Waals surface area contributed by atoms with Crippen LogP contribution < -0.4 is 10.6 Å². The first kappa shape index (κ1) is 28.9. The number of benzene rings is 3. The van der Waals surface area contributed by atoms with Crippen molar-refractivity contribution in [3.63, 3.8) is 0 Å². The highest BCUT2D eigenvalue weighted by Crippen LogP contribution is 2.33. The van der Waals surface area contributed by atoms with Gasteiger partial charge in [0.25, 0.3) is 5.91 Å². The lowest BCUT2D eigenvalue weighted by Gasteiger charge is -2.11. The second kappa shape index (κ2) is 12.6. The van der Waals surface area contributed by atoms with Crippen molar-refractivity contribution in [3.05, 3.63) is 81.9 Å². The van der Waals surface area contributed by atoms with Gasteiger partial charge in [0.15, 0.2) is 9.84 Å². The lowest BCUT2D eigenvalue weighted by Crippen LogP contribution is -2.17. The number of amides is 2. The minimum absolute atomic E-state index is 0.169. The lowest BCUT2D eigenvalue weighted by molar-refractivity contribution is -0.105. The van der Waals surface area contributed by atoms with E-state index in [1.807, 2.05) is 45.9 Å². The van der Waals surface area contributed by atoms with Crippen LogP contribution in [0.15, 0.2) is 59.5 Å². The van der Waals surface area contributed by atoms with E-state index in [-0.39, 0.29) is 33.3 Å². The molecule has 0 aliphatic heterocycles. The Balaban J connectivity index is 0.000000269. The van der Waals surface area contributed by atoms with Crippen molar-refractivity contribution in [3.8, 4) is 5.75 Å². The number of hydrogen-bond donors (Lipinski definition) is 3. The van der Waals surface area contributed by atoms with E-state index in [0.29, 0.717) is 23.3 Å². The zero-order valence-electron chi connectivity index (χ0n) is 20.9. The maximum atomic E-state index is 12.1. The van der Waals surface area contributed by atoms with Crippen LogP contribution >= 0.6 is 11.6 Å². The molecule has 7 nitrogen and oxygen atoms in total. The van der Waals surface area contributed by atoms with Crippen LogP contribution in [0, 0.1) is 20.8 Å². The first-order chi connectivity index (χ1) is 16.9. The molecule has 0 heterocycles. The van der Waals surface area contributed by atoms with Gasteiger partial charge in [0.2, 0.25) is 6.41 Å². The summed E-state index contributed by atoms with van der Waals surface area (Å²) in [6.45, 7) is 9.41. The van der Waals surface area contributed by atoms with Crippen LogP contribution in [0.1, 0.15) is 47.3 Å². The summed E-state index contributed by atoms with van der Waals surface area (Å²) in [6, 6.07) is 15.1.